The molecule has 0 aliphatic carbocycles. The second-order valence-electron chi connectivity index (χ2n) is 8.31. The Bertz CT molecular complexity index is 779. The van der Waals surface area contributed by atoms with E-state index in [9.17, 15) is 18.0 Å². The van der Waals surface area contributed by atoms with Gasteiger partial charge < -0.3 is 15.3 Å². The molecule has 0 spiro atoms. The highest BCUT2D eigenvalue weighted by Crippen LogP contribution is 2.41. The van der Waals surface area contributed by atoms with E-state index in [1.807, 2.05) is 4.90 Å². The molecule has 0 unspecified atom stereocenters. The summed E-state index contributed by atoms with van der Waals surface area (Å²) in [6.45, 7) is 4.18. The lowest BCUT2D eigenvalue weighted by Gasteiger charge is -2.56. The van der Waals surface area contributed by atoms with E-state index in [0.29, 0.717) is 31.6 Å². The summed E-state index contributed by atoms with van der Waals surface area (Å²) in [5.74, 6) is 0.778. The first-order valence-electron chi connectivity index (χ1n) is 10.5. The molecule has 172 valence electrons. The first-order chi connectivity index (χ1) is 14.7. The minimum atomic E-state index is -4.47. The number of amides is 1. The largest absolute Gasteiger partial charge is 0.483 e. The predicted octanol–water partition coefficient (Wildman–Crippen LogP) is 2.01. The molecule has 0 radical (unpaired) electrons. The topological polar surface area (TPSA) is 98.7 Å². The van der Waals surface area contributed by atoms with Crippen molar-refractivity contribution in [3.63, 3.8) is 0 Å². The van der Waals surface area contributed by atoms with E-state index in [2.05, 4.69) is 20.2 Å². The third-order valence-electron chi connectivity index (χ3n) is 6.40. The predicted molar refractivity (Wildman–Crippen MR) is 106 cm³/mol. The van der Waals surface area contributed by atoms with Crippen LogP contribution in [0.1, 0.15) is 38.3 Å². The van der Waals surface area contributed by atoms with Gasteiger partial charge in [-0.2, -0.15) is 13.2 Å². The quantitative estimate of drug-likeness (QED) is 0.690. The molecule has 3 aliphatic rings. The number of carbonyl (C=O) groups is 2. The first kappa shape index (κ1) is 23.2. The molecule has 1 aromatic rings. The minimum Gasteiger partial charge on any atom is -0.483 e. The molecule has 2 bridgehead atoms. The lowest BCUT2D eigenvalue weighted by Crippen LogP contribution is -2.65. The third-order valence-corrected chi connectivity index (χ3v) is 6.40. The molecule has 3 fully saturated rings. The summed E-state index contributed by atoms with van der Waals surface area (Å²) >= 11 is 0. The summed E-state index contributed by atoms with van der Waals surface area (Å²) in [6.07, 6.45) is 1.20. The minimum absolute atomic E-state index is 0.0513. The number of rotatable bonds is 3. The fraction of sp³-hybridized carbons (Fsp3) is 0.700. The number of nitrogens with one attached hydrogen (secondary N) is 1. The van der Waals surface area contributed by atoms with Crippen molar-refractivity contribution in [2.75, 3.05) is 31.1 Å². The summed E-state index contributed by atoms with van der Waals surface area (Å²) in [4.78, 5) is 32.2. The number of alkyl halides is 3. The maximum Gasteiger partial charge on any atom is 0.433 e. The Morgan fingerprint density at radius 1 is 1.32 bits per heavy atom. The van der Waals surface area contributed by atoms with Crippen LogP contribution in [0.3, 0.4) is 0 Å². The van der Waals surface area contributed by atoms with Crippen LogP contribution in [0.5, 0.6) is 0 Å². The van der Waals surface area contributed by atoms with Gasteiger partial charge in [0, 0.05) is 44.8 Å². The van der Waals surface area contributed by atoms with Crippen LogP contribution in [0, 0.1) is 11.8 Å². The summed E-state index contributed by atoms with van der Waals surface area (Å²) in [6, 6.07) is 1.54. The molecule has 4 rings (SSSR count). The highest BCUT2D eigenvalue weighted by molar-refractivity contribution is 5.72. The van der Waals surface area contributed by atoms with Gasteiger partial charge in [-0.3, -0.25) is 14.5 Å². The fourth-order valence-electron chi connectivity index (χ4n) is 5.26. The van der Waals surface area contributed by atoms with Crippen LogP contribution in [0.2, 0.25) is 0 Å². The van der Waals surface area contributed by atoms with Gasteiger partial charge in [-0.15, -0.1) is 0 Å². The van der Waals surface area contributed by atoms with Crippen LogP contribution in [-0.4, -0.2) is 70.6 Å². The highest BCUT2D eigenvalue weighted by atomic mass is 19.4. The molecule has 0 aromatic carbocycles. The third kappa shape index (κ3) is 5.44. The fourth-order valence-corrected chi connectivity index (χ4v) is 5.26. The number of hydrogen-bond acceptors (Lipinski definition) is 6. The van der Waals surface area contributed by atoms with Crippen LogP contribution in [0.4, 0.5) is 19.1 Å². The standard InChI is InChI=1S/C19H26F3N5O.CH2O2/c1-12(28)24-9-16-14-8-13(15-4-2-3-7-27(15)16)10-26(11-14)18-23-6-5-17(25-18)19(20,21)22;2-1-3/h5-6,13-16H,2-4,7-11H2,1H3,(H,24,28);1H,(H,2,3)/t13-,14+,15+,16+;/m1./s1. The number of aromatic nitrogens is 2. The van der Waals surface area contributed by atoms with E-state index in [-0.39, 0.29) is 30.3 Å². The second kappa shape index (κ2) is 9.80. The zero-order valence-corrected chi connectivity index (χ0v) is 17.4. The maximum absolute atomic E-state index is 13.1. The average Bonchev–Trinajstić information content (AvgIpc) is 2.73. The Balaban J connectivity index is 0.000000858. The number of anilines is 1. The van der Waals surface area contributed by atoms with Gasteiger partial charge in [0.15, 0.2) is 0 Å². The SMILES string of the molecule is CC(=O)NC[C@H]1[C@H]2C[C@H](CN(c3nccc(C(F)(F)F)n3)C2)[C@@H]2CCCCN21.O=CO. The molecule has 31 heavy (non-hydrogen) atoms. The molecular weight excluding hydrogens is 415 g/mol. The monoisotopic (exact) mass is 443 g/mol. The molecule has 3 aliphatic heterocycles. The van der Waals surface area contributed by atoms with E-state index in [4.69, 9.17) is 9.90 Å². The van der Waals surface area contributed by atoms with Crippen LogP contribution in [0.25, 0.3) is 0 Å². The Labute approximate surface area is 178 Å². The summed E-state index contributed by atoms with van der Waals surface area (Å²) in [5, 5.41) is 9.84. The highest BCUT2D eigenvalue weighted by Gasteiger charge is 2.47. The number of nitrogens with zero attached hydrogens (tertiary/aromatic N) is 4. The first-order valence-corrected chi connectivity index (χ1v) is 10.5. The van der Waals surface area contributed by atoms with Crippen molar-refractivity contribution in [1.82, 2.24) is 20.2 Å². The second-order valence-corrected chi connectivity index (χ2v) is 8.31. The lowest BCUT2D eigenvalue weighted by atomic mass is 9.72. The zero-order valence-electron chi connectivity index (χ0n) is 17.4. The van der Waals surface area contributed by atoms with Gasteiger partial charge in [-0.25, -0.2) is 9.97 Å². The molecular formula is C20H28F3N5O3. The van der Waals surface area contributed by atoms with E-state index >= 15 is 0 Å². The van der Waals surface area contributed by atoms with E-state index < -0.39 is 11.9 Å². The maximum atomic E-state index is 13.1. The van der Waals surface area contributed by atoms with Gasteiger partial charge in [0.1, 0.15) is 5.69 Å². The van der Waals surface area contributed by atoms with Gasteiger partial charge in [0.05, 0.1) is 0 Å². The Morgan fingerprint density at radius 2 is 2.03 bits per heavy atom. The number of carbonyl (C=O) groups excluding carboxylic acids is 1. The van der Waals surface area contributed by atoms with E-state index in [1.165, 1.54) is 19.5 Å². The summed E-state index contributed by atoms with van der Waals surface area (Å²) in [5.41, 5.74) is -0.901. The molecule has 3 saturated heterocycles. The Hall–Kier alpha value is -2.43. The van der Waals surface area contributed by atoms with Crippen molar-refractivity contribution in [3.05, 3.63) is 18.0 Å². The molecule has 4 atom stereocenters. The van der Waals surface area contributed by atoms with Gasteiger partial charge in [0.2, 0.25) is 11.9 Å². The van der Waals surface area contributed by atoms with Gasteiger partial charge in [-0.1, -0.05) is 6.42 Å². The molecule has 2 N–H and O–H groups in total. The van der Waals surface area contributed by atoms with Gasteiger partial charge in [-0.05, 0) is 43.7 Å². The number of carboxylic acid groups (broad SMARTS) is 1. The lowest BCUT2D eigenvalue weighted by molar-refractivity contribution is -0.141. The molecule has 0 saturated carbocycles. The normalized spacial score (nSPS) is 28.1. The summed E-state index contributed by atoms with van der Waals surface area (Å²) in [7, 11) is 0. The van der Waals surface area contributed by atoms with Crippen molar-refractivity contribution in [1.29, 1.82) is 0 Å². The van der Waals surface area contributed by atoms with Crippen molar-refractivity contribution in [2.45, 2.75) is 50.9 Å². The Kier molecular flexibility index (Phi) is 7.34. The molecule has 8 nitrogen and oxygen atoms in total. The number of hydrogen-bond donors (Lipinski definition) is 2. The van der Waals surface area contributed by atoms with Crippen LogP contribution >= 0.6 is 0 Å². The van der Waals surface area contributed by atoms with Crippen molar-refractivity contribution in [2.24, 2.45) is 11.8 Å². The van der Waals surface area contributed by atoms with Gasteiger partial charge in [0.25, 0.3) is 6.47 Å². The van der Waals surface area contributed by atoms with E-state index in [1.54, 1.807) is 0 Å². The number of piperidine rings is 3. The van der Waals surface area contributed by atoms with Crippen LogP contribution < -0.4 is 10.2 Å². The smallest absolute Gasteiger partial charge is 0.433 e. The molecule has 1 amide bonds. The number of fused-ring (bicyclic) bond motifs is 4. The molecule has 4 heterocycles. The van der Waals surface area contributed by atoms with Crippen LogP contribution in [-0.2, 0) is 15.8 Å². The van der Waals surface area contributed by atoms with E-state index in [0.717, 1.165) is 31.9 Å². The van der Waals surface area contributed by atoms with Crippen molar-refractivity contribution in [3.8, 4) is 0 Å². The van der Waals surface area contributed by atoms with Crippen LogP contribution in [0.15, 0.2) is 12.3 Å². The van der Waals surface area contributed by atoms with Gasteiger partial charge >= 0.3 is 6.18 Å². The van der Waals surface area contributed by atoms with Crippen molar-refractivity contribution < 1.29 is 27.9 Å². The molecule has 11 heteroatoms. The zero-order chi connectivity index (χ0) is 22.6. The van der Waals surface area contributed by atoms with Crippen molar-refractivity contribution >= 4 is 18.3 Å². The molecule has 1 aromatic heterocycles. The average molecular weight is 443 g/mol. The number of halogens is 3. The summed E-state index contributed by atoms with van der Waals surface area (Å²) < 4.78 is 39.2. The Morgan fingerprint density at radius 3 is 2.71 bits per heavy atom.